The van der Waals surface area contributed by atoms with Gasteiger partial charge in [0.2, 0.25) is 0 Å². The van der Waals surface area contributed by atoms with Crippen molar-refractivity contribution in [3.05, 3.63) is 58.1 Å². The van der Waals surface area contributed by atoms with Crippen LogP contribution < -0.4 is 10.1 Å². The minimum Gasteiger partial charge on any atom is -0.479 e. The summed E-state index contributed by atoms with van der Waals surface area (Å²) in [7, 11) is 0. The van der Waals surface area contributed by atoms with Crippen molar-refractivity contribution in [1.82, 2.24) is 0 Å². The summed E-state index contributed by atoms with van der Waals surface area (Å²) in [5.74, 6) is -0.404. The molecule has 138 valence electrons. The summed E-state index contributed by atoms with van der Waals surface area (Å²) in [6.07, 6.45) is -0.300. The Bertz CT molecular complexity index is 795. The molecule has 2 aromatic carbocycles. The highest BCUT2D eigenvalue weighted by atomic mass is 35.5. The minimum atomic E-state index is -0.740. The molecule has 26 heavy (non-hydrogen) atoms. The fraction of sp³-hybridized carbons (Fsp3) is 0.263. The number of anilines is 1. The third kappa shape index (κ3) is 5.13. The zero-order valence-corrected chi connectivity index (χ0v) is 15.9. The van der Waals surface area contributed by atoms with Crippen molar-refractivity contribution in [3.8, 4) is 5.75 Å². The molecule has 0 spiro atoms. The van der Waals surface area contributed by atoms with Crippen LogP contribution in [-0.4, -0.2) is 24.6 Å². The first-order valence-electron chi connectivity index (χ1n) is 8.15. The van der Waals surface area contributed by atoms with Gasteiger partial charge in [-0.2, -0.15) is 0 Å². The summed E-state index contributed by atoms with van der Waals surface area (Å²) in [4.78, 5) is 24.2. The molecule has 0 saturated heterocycles. The fourth-order valence-corrected chi connectivity index (χ4v) is 2.59. The molecule has 0 aliphatic carbocycles. The van der Waals surface area contributed by atoms with Gasteiger partial charge in [-0.15, -0.1) is 0 Å². The minimum absolute atomic E-state index is 0.233. The first-order chi connectivity index (χ1) is 12.5. The summed E-state index contributed by atoms with van der Waals surface area (Å²) >= 11 is 12.2. The number of para-hydroxylation sites is 1. The summed E-state index contributed by atoms with van der Waals surface area (Å²) in [5, 5.41) is 3.37. The van der Waals surface area contributed by atoms with E-state index >= 15 is 0 Å². The highest BCUT2D eigenvalue weighted by Crippen LogP contribution is 2.27. The third-order valence-electron chi connectivity index (χ3n) is 3.51. The highest BCUT2D eigenvalue weighted by Gasteiger charge is 2.21. The molecule has 1 atom stereocenters. The maximum atomic E-state index is 12.5. The Morgan fingerprint density at radius 1 is 1.08 bits per heavy atom. The average Bonchev–Trinajstić information content (AvgIpc) is 2.62. The molecule has 0 radical (unpaired) electrons. The van der Waals surface area contributed by atoms with E-state index in [1.165, 1.54) is 12.1 Å². The Morgan fingerprint density at radius 2 is 1.81 bits per heavy atom. The van der Waals surface area contributed by atoms with Crippen molar-refractivity contribution in [1.29, 1.82) is 0 Å². The number of ether oxygens (including phenoxy) is 2. The maximum absolute atomic E-state index is 12.5. The Balaban J connectivity index is 2.10. The largest absolute Gasteiger partial charge is 0.479 e. The zero-order chi connectivity index (χ0) is 19.1. The van der Waals surface area contributed by atoms with Gasteiger partial charge < -0.3 is 14.8 Å². The second-order valence-electron chi connectivity index (χ2n) is 5.35. The molecule has 2 rings (SSSR count). The number of esters is 1. The Labute approximate surface area is 162 Å². The molecule has 0 aromatic heterocycles. The normalized spacial score (nSPS) is 11.5. The van der Waals surface area contributed by atoms with Gasteiger partial charge in [0.25, 0.3) is 5.91 Å². The molecular formula is C19H19Cl2NO4. The highest BCUT2D eigenvalue weighted by molar-refractivity contribution is 6.34. The summed E-state index contributed by atoms with van der Waals surface area (Å²) in [6, 6.07) is 11.5. The number of rotatable bonds is 7. The van der Waals surface area contributed by atoms with Crippen LogP contribution in [-0.2, 0) is 9.53 Å². The van der Waals surface area contributed by atoms with Crippen LogP contribution in [0, 0.1) is 0 Å². The fourth-order valence-electron chi connectivity index (χ4n) is 2.19. The van der Waals surface area contributed by atoms with Gasteiger partial charge in [-0.3, -0.25) is 4.79 Å². The number of carbonyl (C=O) groups is 2. The van der Waals surface area contributed by atoms with E-state index in [1.54, 1.807) is 37.3 Å². The lowest BCUT2D eigenvalue weighted by Crippen LogP contribution is -2.32. The molecule has 2 aromatic rings. The number of hydrogen-bond acceptors (Lipinski definition) is 4. The first-order valence-corrected chi connectivity index (χ1v) is 8.90. The number of amides is 1. The molecule has 1 amide bonds. The van der Waals surface area contributed by atoms with Crippen molar-refractivity contribution < 1.29 is 19.1 Å². The van der Waals surface area contributed by atoms with Gasteiger partial charge in [0.1, 0.15) is 5.75 Å². The van der Waals surface area contributed by atoms with E-state index in [9.17, 15) is 9.59 Å². The predicted molar refractivity (Wildman–Crippen MR) is 102 cm³/mol. The lowest BCUT2D eigenvalue weighted by molar-refractivity contribution is -0.122. The SMILES string of the molecule is CCOC(=O)c1ccc(NC(=O)[C@H](CC)Oc2ccccc2Cl)c(Cl)c1. The Hall–Kier alpha value is -2.24. The van der Waals surface area contributed by atoms with Crippen LogP contribution in [0.2, 0.25) is 10.0 Å². The Morgan fingerprint density at radius 3 is 2.42 bits per heavy atom. The van der Waals surface area contributed by atoms with Gasteiger partial charge in [0, 0.05) is 0 Å². The standard InChI is InChI=1S/C19H19Cl2NO4/c1-3-16(26-17-8-6-5-7-13(17)20)18(23)22-15-10-9-12(11-14(15)21)19(24)25-4-2/h5-11,16H,3-4H2,1-2H3,(H,22,23)/t16-/m0/s1. The second-order valence-corrected chi connectivity index (χ2v) is 6.16. The third-order valence-corrected chi connectivity index (χ3v) is 4.13. The lowest BCUT2D eigenvalue weighted by atomic mass is 10.2. The molecule has 0 fully saturated rings. The monoisotopic (exact) mass is 395 g/mol. The van der Waals surface area contributed by atoms with Crippen molar-refractivity contribution in [3.63, 3.8) is 0 Å². The van der Waals surface area contributed by atoms with Crippen molar-refractivity contribution in [2.45, 2.75) is 26.4 Å². The summed E-state index contributed by atoms with van der Waals surface area (Å²) in [6.45, 7) is 3.82. The van der Waals surface area contributed by atoms with Crippen molar-refractivity contribution in [2.75, 3.05) is 11.9 Å². The van der Waals surface area contributed by atoms with E-state index in [-0.39, 0.29) is 17.5 Å². The molecule has 0 aliphatic rings. The quantitative estimate of drug-likeness (QED) is 0.672. The van der Waals surface area contributed by atoms with E-state index in [4.69, 9.17) is 32.7 Å². The smallest absolute Gasteiger partial charge is 0.338 e. The van der Waals surface area contributed by atoms with Crippen LogP contribution in [0.3, 0.4) is 0 Å². The van der Waals surface area contributed by atoms with E-state index in [2.05, 4.69) is 5.32 Å². The number of carbonyl (C=O) groups excluding carboxylic acids is 2. The van der Waals surface area contributed by atoms with Crippen molar-refractivity contribution >= 4 is 40.8 Å². The zero-order valence-electron chi connectivity index (χ0n) is 14.4. The molecule has 1 N–H and O–H groups in total. The molecule has 0 aliphatic heterocycles. The summed E-state index contributed by atoms with van der Waals surface area (Å²) in [5.41, 5.74) is 0.695. The molecule has 7 heteroatoms. The van der Waals surface area contributed by atoms with Crippen LogP contribution in [0.4, 0.5) is 5.69 Å². The van der Waals surface area contributed by atoms with Crippen LogP contribution >= 0.6 is 23.2 Å². The van der Waals surface area contributed by atoms with E-state index < -0.39 is 12.1 Å². The second kappa shape index (κ2) is 9.46. The number of nitrogens with one attached hydrogen (secondary N) is 1. The molecular weight excluding hydrogens is 377 g/mol. The average molecular weight is 396 g/mol. The predicted octanol–water partition coefficient (Wildman–Crippen LogP) is 4.97. The van der Waals surface area contributed by atoms with Gasteiger partial charge in [-0.25, -0.2) is 4.79 Å². The van der Waals surface area contributed by atoms with Gasteiger partial charge in [-0.05, 0) is 43.7 Å². The van der Waals surface area contributed by atoms with Crippen LogP contribution in [0.15, 0.2) is 42.5 Å². The van der Waals surface area contributed by atoms with E-state index in [0.29, 0.717) is 28.4 Å². The van der Waals surface area contributed by atoms with Crippen molar-refractivity contribution in [2.24, 2.45) is 0 Å². The lowest BCUT2D eigenvalue weighted by Gasteiger charge is -2.18. The van der Waals surface area contributed by atoms with E-state index in [1.807, 2.05) is 6.92 Å². The van der Waals surface area contributed by atoms with Gasteiger partial charge in [-0.1, -0.05) is 42.3 Å². The number of halogens is 2. The van der Waals surface area contributed by atoms with Crippen LogP contribution in [0.1, 0.15) is 30.6 Å². The first kappa shape index (κ1) is 20.1. The molecule has 0 heterocycles. The number of benzene rings is 2. The van der Waals surface area contributed by atoms with Gasteiger partial charge in [0.05, 0.1) is 27.9 Å². The van der Waals surface area contributed by atoms with Crippen LogP contribution in [0.5, 0.6) is 5.75 Å². The molecule has 5 nitrogen and oxygen atoms in total. The maximum Gasteiger partial charge on any atom is 0.338 e. The van der Waals surface area contributed by atoms with E-state index in [0.717, 1.165) is 0 Å². The molecule has 0 saturated carbocycles. The molecule has 0 bridgehead atoms. The van der Waals surface area contributed by atoms with Gasteiger partial charge >= 0.3 is 5.97 Å². The topological polar surface area (TPSA) is 64.6 Å². The Kier molecular flexibility index (Phi) is 7.30. The van der Waals surface area contributed by atoms with Crippen LogP contribution in [0.25, 0.3) is 0 Å². The number of hydrogen-bond donors (Lipinski definition) is 1. The molecule has 0 unspecified atom stereocenters. The summed E-state index contributed by atoms with van der Waals surface area (Å²) < 4.78 is 10.6. The van der Waals surface area contributed by atoms with Gasteiger partial charge in [0.15, 0.2) is 6.10 Å².